The minimum Gasteiger partial charge on any atom is -0.480 e. The summed E-state index contributed by atoms with van der Waals surface area (Å²) in [4.78, 5) is 24.1. The first-order chi connectivity index (χ1) is 8.93. The molecule has 0 fully saturated rings. The van der Waals surface area contributed by atoms with Crippen LogP contribution in [0.5, 0.6) is 0 Å². The number of aromatic nitrogens is 2. The van der Waals surface area contributed by atoms with Gasteiger partial charge in [-0.3, -0.25) is 14.3 Å². The van der Waals surface area contributed by atoms with E-state index in [1.807, 2.05) is 19.9 Å². The minimum absolute atomic E-state index is 0.0384. The van der Waals surface area contributed by atoms with Crippen molar-refractivity contribution < 1.29 is 19.4 Å². The standard InChI is InChI=1S/C12H19N3O4/c1-9-6-10(2)15(13-9)7-11(16)14(4-5-19-3)8-12(17)18/h6H,4-5,7-8H2,1-3H3,(H,17,18). The molecule has 0 saturated carbocycles. The molecule has 106 valence electrons. The molecule has 0 aliphatic carbocycles. The Morgan fingerprint density at radius 1 is 1.47 bits per heavy atom. The molecular formula is C12H19N3O4. The summed E-state index contributed by atoms with van der Waals surface area (Å²) in [6.45, 7) is 3.95. The van der Waals surface area contributed by atoms with Gasteiger partial charge in [-0.2, -0.15) is 5.10 Å². The number of carboxylic acids is 1. The van der Waals surface area contributed by atoms with E-state index in [9.17, 15) is 9.59 Å². The summed E-state index contributed by atoms with van der Waals surface area (Å²) < 4.78 is 6.44. The van der Waals surface area contributed by atoms with Crippen LogP contribution in [0.1, 0.15) is 11.4 Å². The third-order valence-electron chi connectivity index (χ3n) is 2.63. The second-order valence-corrected chi connectivity index (χ2v) is 4.29. The van der Waals surface area contributed by atoms with Gasteiger partial charge >= 0.3 is 5.97 Å². The van der Waals surface area contributed by atoms with Crippen molar-refractivity contribution in [3.05, 3.63) is 17.5 Å². The first-order valence-corrected chi connectivity index (χ1v) is 5.93. The quantitative estimate of drug-likeness (QED) is 0.756. The first kappa shape index (κ1) is 15.2. The summed E-state index contributed by atoms with van der Waals surface area (Å²) in [5, 5.41) is 13.0. The van der Waals surface area contributed by atoms with Crippen molar-refractivity contribution in [2.24, 2.45) is 0 Å². The lowest BCUT2D eigenvalue weighted by molar-refractivity contribution is -0.145. The van der Waals surface area contributed by atoms with Gasteiger partial charge in [-0.15, -0.1) is 0 Å². The monoisotopic (exact) mass is 269 g/mol. The Bertz CT molecular complexity index is 456. The number of carboxylic acid groups (broad SMARTS) is 1. The largest absolute Gasteiger partial charge is 0.480 e. The third-order valence-corrected chi connectivity index (χ3v) is 2.63. The maximum atomic E-state index is 12.1. The smallest absolute Gasteiger partial charge is 0.323 e. The molecule has 1 rings (SSSR count). The van der Waals surface area contributed by atoms with Crippen LogP contribution in [-0.4, -0.2) is 58.5 Å². The van der Waals surface area contributed by atoms with Crippen molar-refractivity contribution in [1.29, 1.82) is 0 Å². The summed E-state index contributed by atoms with van der Waals surface area (Å²) in [7, 11) is 1.50. The Morgan fingerprint density at radius 3 is 2.63 bits per heavy atom. The highest BCUT2D eigenvalue weighted by Gasteiger charge is 2.18. The molecule has 7 heteroatoms. The number of carbonyl (C=O) groups is 2. The normalized spacial score (nSPS) is 10.5. The van der Waals surface area contributed by atoms with E-state index in [0.717, 1.165) is 11.4 Å². The molecule has 7 nitrogen and oxygen atoms in total. The summed E-state index contributed by atoms with van der Waals surface area (Å²) in [5.74, 6) is -1.33. The van der Waals surface area contributed by atoms with Crippen LogP contribution in [0.15, 0.2) is 6.07 Å². The maximum absolute atomic E-state index is 12.1. The second-order valence-electron chi connectivity index (χ2n) is 4.29. The van der Waals surface area contributed by atoms with Gasteiger partial charge in [0.2, 0.25) is 5.91 Å². The SMILES string of the molecule is COCCN(CC(=O)O)C(=O)Cn1nc(C)cc1C. The number of nitrogens with zero attached hydrogens (tertiary/aromatic N) is 3. The zero-order valence-corrected chi connectivity index (χ0v) is 11.4. The van der Waals surface area contributed by atoms with Crippen LogP contribution >= 0.6 is 0 Å². The number of aryl methyl sites for hydroxylation is 2. The van der Waals surface area contributed by atoms with Gasteiger partial charge in [0.15, 0.2) is 0 Å². The molecule has 0 aromatic carbocycles. The van der Waals surface area contributed by atoms with Crippen LogP contribution in [0.4, 0.5) is 0 Å². The molecule has 0 bridgehead atoms. The van der Waals surface area contributed by atoms with Gasteiger partial charge < -0.3 is 14.7 Å². The zero-order valence-electron chi connectivity index (χ0n) is 11.4. The van der Waals surface area contributed by atoms with Crippen molar-refractivity contribution in [2.75, 3.05) is 26.8 Å². The van der Waals surface area contributed by atoms with Crippen LogP contribution in [0.3, 0.4) is 0 Å². The number of ether oxygens (including phenoxy) is 1. The van der Waals surface area contributed by atoms with Crippen LogP contribution in [0.2, 0.25) is 0 Å². The molecule has 0 spiro atoms. The van der Waals surface area contributed by atoms with Crippen molar-refractivity contribution in [3.8, 4) is 0 Å². The van der Waals surface area contributed by atoms with Gasteiger partial charge in [-0.05, 0) is 19.9 Å². The lowest BCUT2D eigenvalue weighted by Gasteiger charge is -2.20. The molecule has 1 aromatic rings. The highest BCUT2D eigenvalue weighted by molar-refractivity contribution is 5.81. The van der Waals surface area contributed by atoms with E-state index in [4.69, 9.17) is 9.84 Å². The Balaban J connectivity index is 2.70. The number of hydrogen-bond donors (Lipinski definition) is 1. The number of rotatable bonds is 7. The molecule has 1 N–H and O–H groups in total. The van der Waals surface area contributed by atoms with Crippen LogP contribution in [-0.2, 0) is 20.9 Å². The van der Waals surface area contributed by atoms with Gasteiger partial charge in [0.05, 0.1) is 12.3 Å². The highest BCUT2D eigenvalue weighted by atomic mass is 16.5. The minimum atomic E-state index is -1.04. The topological polar surface area (TPSA) is 84.7 Å². The molecule has 0 radical (unpaired) electrons. The van der Waals surface area contributed by atoms with Gasteiger partial charge in [-0.1, -0.05) is 0 Å². The van der Waals surface area contributed by atoms with Crippen LogP contribution in [0, 0.1) is 13.8 Å². The molecule has 1 amide bonds. The lowest BCUT2D eigenvalue weighted by Crippen LogP contribution is -2.40. The Morgan fingerprint density at radius 2 is 2.16 bits per heavy atom. The first-order valence-electron chi connectivity index (χ1n) is 5.93. The van der Waals surface area contributed by atoms with Gasteiger partial charge in [0.1, 0.15) is 13.1 Å². The summed E-state index contributed by atoms with van der Waals surface area (Å²) in [6.07, 6.45) is 0. The van der Waals surface area contributed by atoms with Crippen LogP contribution in [0.25, 0.3) is 0 Å². The molecule has 0 atom stereocenters. The van der Waals surface area contributed by atoms with E-state index in [-0.39, 0.29) is 25.5 Å². The molecule has 0 aliphatic rings. The van der Waals surface area contributed by atoms with Crippen molar-refractivity contribution in [1.82, 2.24) is 14.7 Å². The number of methoxy groups -OCH3 is 1. The average molecular weight is 269 g/mol. The summed E-state index contributed by atoms with van der Waals surface area (Å²) >= 11 is 0. The fraction of sp³-hybridized carbons (Fsp3) is 0.583. The van der Waals surface area contributed by atoms with Crippen molar-refractivity contribution in [2.45, 2.75) is 20.4 Å². The van der Waals surface area contributed by atoms with Crippen LogP contribution < -0.4 is 0 Å². The lowest BCUT2D eigenvalue weighted by atomic mass is 10.4. The van der Waals surface area contributed by atoms with E-state index >= 15 is 0 Å². The molecule has 19 heavy (non-hydrogen) atoms. The van der Waals surface area contributed by atoms with Gasteiger partial charge in [0, 0.05) is 19.3 Å². The van der Waals surface area contributed by atoms with Gasteiger partial charge in [-0.25, -0.2) is 0 Å². The Kier molecular flexibility index (Phi) is 5.50. The predicted molar refractivity (Wildman–Crippen MR) is 67.8 cm³/mol. The molecule has 1 heterocycles. The van der Waals surface area contributed by atoms with E-state index in [0.29, 0.717) is 6.61 Å². The summed E-state index contributed by atoms with van der Waals surface area (Å²) in [5.41, 5.74) is 1.69. The molecule has 0 aliphatic heterocycles. The number of amides is 1. The number of carbonyl (C=O) groups excluding carboxylic acids is 1. The highest BCUT2D eigenvalue weighted by Crippen LogP contribution is 2.03. The van der Waals surface area contributed by atoms with Crippen molar-refractivity contribution in [3.63, 3.8) is 0 Å². The van der Waals surface area contributed by atoms with E-state index < -0.39 is 5.97 Å². The van der Waals surface area contributed by atoms with E-state index in [1.165, 1.54) is 12.0 Å². The van der Waals surface area contributed by atoms with E-state index in [2.05, 4.69) is 5.10 Å². The fourth-order valence-corrected chi connectivity index (χ4v) is 1.72. The molecule has 0 saturated heterocycles. The third kappa shape index (κ3) is 4.70. The van der Waals surface area contributed by atoms with Crippen molar-refractivity contribution >= 4 is 11.9 Å². The Labute approximate surface area is 111 Å². The number of hydrogen-bond acceptors (Lipinski definition) is 4. The molecule has 1 aromatic heterocycles. The zero-order chi connectivity index (χ0) is 14.4. The number of aliphatic carboxylic acids is 1. The average Bonchev–Trinajstić information content (AvgIpc) is 2.62. The maximum Gasteiger partial charge on any atom is 0.323 e. The van der Waals surface area contributed by atoms with E-state index in [1.54, 1.807) is 4.68 Å². The predicted octanol–water partition coefficient (Wildman–Crippen LogP) is 0.0595. The molecular weight excluding hydrogens is 250 g/mol. The Hall–Kier alpha value is -1.89. The molecule has 0 unspecified atom stereocenters. The second kappa shape index (κ2) is 6.89. The fourth-order valence-electron chi connectivity index (χ4n) is 1.72. The van der Waals surface area contributed by atoms with Gasteiger partial charge in [0.25, 0.3) is 0 Å². The summed E-state index contributed by atoms with van der Waals surface area (Å²) in [6, 6.07) is 1.87.